The van der Waals surface area contributed by atoms with E-state index in [2.05, 4.69) is 24.3 Å². The number of carbonyl (C=O) groups is 1. The first-order valence-corrected chi connectivity index (χ1v) is 8.83. The second kappa shape index (κ2) is 7.96. The zero-order valence-electron chi connectivity index (χ0n) is 14.7. The van der Waals surface area contributed by atoms with Gasteiger partial charge in [0.15, 0.2) is 0 Å². The van der Waals surface area contributed by atoms with E-state index in [-0.39, 0.29) is 18.5 Å². The minimum absolute atomic E-state index is 0.0903. The molecule has 0 bridgehead atoms. The van der Waals surface area contributed by atoms with Crippen LogP contribution in [-0.2, 0) is 16.0 Å². The fourth-order valence-corrected chi connectivity index (χ4v) is 3.43. The summed E-state index contributed by atoms with van der Waals surface area (Å²) in [6.45, 7) is 5.99. The zero-order chi connectivity index (χ0) is 16.9. The number of aliphatic hydroxyl groups excluding tert-OH is 1. The van der Waals surface area contributed by atoms with Gasteiger partial charge in [0.2, 0.25) is 0 Å². The van der Waals surface area contributed by atoms with Gasteiger partial charge >= 0.3 is 5.97 Å². The third kappa shape index (κ3) is 5.35. The van der Waals surface area contributed by atoms with Crippen LogP contribution in [0.4, 0.5) is 0 Å². The van der Waals surface area contributed by atoms with Crippen LogP contribution in [-0.4, -0.2) is 23.3 Å². The maximum atomic E-state index is 12.7. The molecule has 1 aromatic carbocycles. The summed E-state index contributed by atoms with van der Waals surface area (Å²) in [6.07, 6.45) is 6.28. The van der Waals surface area contributed by atoms with Crippen molar-refractivity contribution in [3.8, 4) is 0 Å². The molecule has 1 unspecified atom stereocenters. The predicted molar refractivity (Wildman–Crippen MR) is 92.4 cm³/mol. The van der Waals surface area contributed by atoms with E-state index in [0.717, 1.165) is 31.2 Å². The Bertz CT molecular complexity index is 493. The maximum absolute atomic E-state index is 12.7. The number of hydrogen-bond donors (Lipinski definition) is 1. The van der Waals surface area contributed by atoms with E-state index >= 15 is 0 Å². The molecular formula is C20H30O3. The molecular weight excluding hydrogens is 288 g/mol. The molecule has 0 spiro atoms. The molecule has 128 valence electrons. The Labute approximate surface area is 140 Å². The number of rotatable bonds is 6. The minimum atomic E-state index is -0.449. The summed E-state index contributed by atoms with van der Waals surface area (Å²) in [6, 6.07) is 8.30. The maximum Gasteiger partial charge on any atom is 0.314 e. The summed E-state index contributed by atoms with van der Waals surface area (Å²) in [5, 5.41) is 8.93. The molecule has 1 N–H and O–H groups in total. The van der Waals surface area contributed by atoms with Gasteiger partial charge in [-0.05, 0) is 63.5 Å². The van der Waals surface area contributed by atoms with Crippen LogP contribution < -0.4 is 0 Å². The lowest BCUT2D eigenvalue weighted by Gasteiger charge is -2.27. The van der Waals surface area contributed by atoms with Gasteiger partial charge in [0.1, 0.15) is 5.60 Å². The monoisotopic (exact) mass is 318 g/mol. The van der Waals surface area contributed by atoms with Crippen LogP contribution in [0.3, 0.4) is 0 Å². The smallest absolute Gasteiger partial charge is 0.314 e. The first-order chi connectivity index (χ1) is 10.9. The predicted octanol–water partition coefficient (Wildman–Crippen LogP) is 4.23. The van der Waals surface area contributed by atoms with Gasteiger partial charge in [-0.25, -0.2) is 0 Å². The van der Waals surface area contributed by atoms with E-state index in [1.807, 2.05) is 20.8 Å². The van der Waals surface area contributed by atoms with Gasteiger partial charge in [-0.15, -0.1) is 0 Å². The number of benzene rings is 1. The van der Waals surface area contributed by atoms with Crippen LogP contribution >= 0.6 is 0 Å². The van der Waals surface area contributed by atoms with Crippen molar-refractivity contribution in [2.45, 2.75) is 70.8 Å². The topological polar surface area (TPSA) is 46.5 Å². The number of aliphatic hydroxyl groups is 1. The number of esters is 1. The largest absolute Gasteiger partial charge is 0.459 e. The van der Waals surface area contributed by atoms with Crippen molar-refractivity contribution in [3.63, 3.8) is 0 Å². The standard InChI is InChI=1S/C20H30O3/c1-20(2,3)23-19(22)18(16-8-4-5-9-16)17-12-10-15(11-13-17)7-6-14-21/h10-13,16,18,21H,4-9,14H2,1-3H3. The molecule has 0 radical (unpaired) electrons. The van der Waals surface area contributed by atoms with Gasteiger partial charge in [0, 0.05) is 6.61 Å². The quantitative estimate of drug-likeness (QED) is 0.799. The fraction of sp³-hybridized carbons (Fsp3) is 0.650. The van der Waals surface area contributed by atoms with Crippen molar-refractivity contribution >= 4 is 5.97 Å². The Morgan fingerprint density at radius 1 is 1.22 bits per heavy atom. The molecule has 1 aliphatic rings. The molecule has 1 aliphatic carbocycles. The number of hydrogen-bond acceptors (Lipinski definition) is 3. The van der Waals surface area contributed by atoms with Crippen molar-refractivity contribution in [1.82, 2.24) is 0 Å². The summed E-state index contributed by atoms with van der Waals surface area (Å²) in [5.74, 6) is 0.157. The average Bonchev–Trinajstić information content (AvgIpc) is 2.98. The summed E-state index contributed by atoms with van der Waals surface area (Å²) in [7, 11) is 0. The molecule has 3 nitrogen and oxygen atoms in total. The van der Waals surface area contributed by atoms with E-state index in [9.17, 15) is 4.79 Å². The van der Waals surface area contributed by atoms with Crippen LogP contribution in [0.2, 0.25) is 0 Å². The number of carbonyl (C=O) groups excluding carboxylic acids is 1. The molecule has 1 fully saturated rings. The van der Waals surface area contributed by atoms with Crippen molar-refractivity contribution in [3.05, 3.63) is 35.4 Å². The van der Waals surface area contributed by atoms with Gasteiger partial charge in [0.05, 0.1) is 5.92 Å². The van der Waals surface area contributed by atoms with Crippen LogP contribution in [0, 0.1) is 5.92 Å². The van der Waals surface area contributed by atoms with Crippen LogP contribution in [0.5, 0.6) is 0 Å². The van der Waals surface area contributed by atoms with Crippen molar-refractivity contribution in [2.24, 2.45) is 5.92 Å². The second-order valence-corrected chi connectivity index (χ2v) is 7.62. The summed E-state index contributed by atoms with van der Waals surface area (Å²) < 4.78 is 5.69. The van der Waals surface area contributed by atoms with Crippen molar-refractivity contribution in [2.75, 3.05) is 6.61 Å². The van der Waals surface area contributed by atoms with E-state index in [0.29, 0.717) is 5.92 Å². The molecule has 0 heterocycles. The second-order valence-electron chi connectivity index (χ2n) is 7.62. The highest BCUT2D eigenvalue weighted by Crippen LogP contribution is 2.39. The Morgan fingerprint density at radius 2 is 1.83 bits per heavy atom. The van der Waals surface area contributed by atoms with E-state index < -0.39 is 5.60 Å². The van der Waals surface area contributed by atoms with Gasteiger partial charge < -0.3 is 9.84 Å². The van der Waals surface area contributed by atoms with Gasteiger partial charge in [-0.3, -0.25) is 4.79 Å². The minimum Gasteiger partial charge on any atom is -0.459 e. The third-order valence-corrected chi connectivity index (χ3v) is 4.49. The average molecular weight is 318 g/mol. The molecule has 1 aromatic rings. The summed E-state index contributed by atoms with van der Waals surface area (Å²) in [4.78, 5) is 12.7. The first kappa shape index (κ1) is 18.0. The van der Waals surface area contributed by atoms with Crippen LogP contribution in [0.15, 0.2) is 24.3 Å². The van der Waals surface area contributed by atoms with E-state index in [1.165, 1.54) is 18.4 Å². The Kier molecular flexibility index (Phi) is 6.23. The Balaban J connectivity index is 2.17. The lowest BCUT2D eigenvalue weighted by atomic mass is 9.84. The highest BCUT2D eigenvalue weighted by Gasteiger charge is 2.35. The molecule has 0 saturated heterocycles. The van der Waals surface area contributed by atoms with E-state index in [1.54, 1.807) is 0 Å². The van der Waals surface area contributed by atoms with Crippen LogP contribution in [0.25, 0.3) is 0 Å². The zero-order valence-corrected chi connectivity index (χ0v) is 14.7. The normalized spacial score (nSPS) is 17.2. The van der Waals surface area contributed by atoms with Gasteiger partial charge in [0.25, 0.3) is 0 Å². The van der Waals surface area contributed by atoms with Gasteiger partial charge in [-0.2, -0.15) is 0 Å². The fourth-order valence-electron chi connectivity index (χ4n) is 3.43. The molecule has 2 rings (SSSR count). The number of ether oxygens (including phenoxy) is 1. The molecule has 0 amide bonds. The Morgan fingerprint density at radius 3 is 2.35 bits per heavy atom. The molecule has 0 aromatic heterocycles. The lowest BCUT2D eigenvalue weighted by molar-refractivity contribution is -0.158. The summed E-state index contributed by atoms with van der Waals surface area (Å²) in [5.41, 5.74) is 1.82. The molecule has 1 saturated carbocycles. The van der Waals surface area contributed by atoms with E-state index in [4.69, 9.17) is 9.84 Å². The highest BCUT2D eigenvalue weighted by molar-refractivity contribution is 5.79. The molecule has 23 heavy (non-hydrogen) atoms. The molecule has 0 aliphatic heterocycles. The molecule has 3 heteroatoms. The third-order valence-electron chi connectivity index (χ3n) is 4.49. The van der Waals surface area contributed by atoms with Gasteiger partial charge in [-0.1, -0.05) is 37.1 Å². The SMILES string of the molecule is CC(C)(C)OC(=O)C(c1ccc(CCCO)cc1)C1CCCC1. The lowest BCUT2D eigenvalue weighted by Crippen LogP contribution is -2.30. The van der Waals surface area contributed by atoms with Crippen molar-refractivity contribution < 1.29 is 14.6 Å². The highest BCUT2D eigenvalue weighted by atomic mass is 16.6. The molecule has 1 atom stereocenters. The first-order valence-electron chi connectivity index (χ1n) is 8.83. The number of aryl methyl sites for hydroxylation is 1. The van der Waals surface area contributed by atoms with Crippen LogP contribution in [0.1, 0.15) is 69.9 Å². The summed E-state index contributed by atoms with van der Waals surface area (Å²) >= 11 is 0. The Hall–Kier alpha value is -1.35. The van der Waals surface area contributed by atoms with Crippen molar-refractivity contribution in [1.29, 1.82) is 0 Å².